The zero-order valence-corrected chi connectivity index (χ0v) is 20.9. The highest BCUT2D eigenvalue weighted by molar-refractivity contribution is 6.74. The number of benzene rings is 1. The molecular formula is C24H38O6Si. The molecule has 1 saturated heterocycles. The normalized spacial score (nSPS) is 25.6. The maximum Gasteiger partial charge on any atom is 0.192 e. The molecule has 0 radical (unpaired) electrons. The molecule has 1 aromatic carbocycles. The lowest BCUT2D eigenvalue weighted by atomic mass is 9.89. The van der Waals surface area contributed by atoms with Gasteiger partial charge in [0, 0.05) is 13.5 Å². The molecule has 0 aliphatic carbocycles. The van der Waals surface area contributed by atoms with E-state index in [0.717, 1.165) is 11.3 Å². The Hall–Kier alpha value is -1.40. The summed E-state index contributed by atoms with van der Waals surface area (Å²) in [4.78, 5) is 0. The zero-order valence-electron chi connectivity index (χ0n) is 19.9. The van der Waals surface area contributed by atoms with E-state index in [-0.39, 0.29) is 17.7 Å². The van der Waals surface area contributed by atoms with Gasteiger partial charge in [-0.05, 0) is 35.8 Å². The third-order valence-corrected chi connectivity index (χ3v) is 10.8. The van der Waals surface area contributed by atoms with E-state index in [2.05, 4.69) is 39.8 Å². The van der Waals surface area contributed by atoms with Crippen molar-refractivity contribution >= 4 is 8.32 Å². The molecule has 0 bridgehead atoms. The molecule has 7 heteroatoms. The van der Waals surface area contributed by atoms with Crippen LogP contribution >= 0.6 is 0 Å². The molecule has 0 spiro atoms. The number of ether oxygens (including phenoxy) is 4. The Kier molecular flexibility index (Phi) is 9.13. The maximum absolute atomic E-state index is 11.0. The lowest BCUT2D eigenvalue weighted by molar-refractivity contribution is -0.246. The van der Waals surface area contributed by atoms with E-state index < -0.39 is 32.7 Å². The predicted molar refractivity (Wildman–Crippen MR) is 123 cm³/mol. The van der Waals surface area contributed by atoms with E-state index in [1.54, 1.807) is 14.2 Å². The van der Waals surface area contributed by atoms with Crippen LogP contribution in [0.4, 0.5) is 0 Å². The van der Waals surface area contributed by atoms with Crippen LogP contribution in [0.25, 0.3) is 0 Å². The van der Waals surface area contributed by atoms with Crippen molar-refractivity contribution in [1.82, 2.24) is 0 Å². The van der Waals surface area contributed by atoms with Crippen molar-refractivity contribution in [3.63, 3.8) is 0 Å². The van der Waals surface area contributed by atoms with Crippen molar-refractivity contribution < 1.29 is 28.5 Å². The van der Waals surface area contributed by atoms with Crippen molar-refractivity contribution in [1.29, 1.82) is 0 Å². The quantitative estimate of drug-likeness (QED) is 0.454. The van der Waals surface area contributed by atoms with Gasteiger partial charge >= 0.3 is 0 Å². The molecule has 0 amide bonds. The third kappa shape index (κ3) is 6.79. The van der Waals surface area contributed by atoms with Gasteiger partial charge in [-0.15, -0.1) is 6.42 Å². The van der Waals surface area contributed by atoms with Crippen LogP contribution in [0.3, 0.4) is 0 Å². The Bertz CT molecular complexity index is 721. The molecule has 1 heterocycles. The Morgan fingerprint density at radius 3 is 2.39 bits per heavy atom. The average Bonchev–Trinajstić information content (AvgIpc) is 2.72. The van der Waals surface area contributed by atoms with Gasteiger partial charge in [0.1, 0.15) is 11.9 Å². The topological polar surface area (TPSA) is 66.4 Å². The third-order valence-electron chi connectivity index (χ3n) is 6.32. The van der Waals surface area contributed by atoms with E-state index in [1.807, 2.05) is 24.3 Å². The van der Waals surface area contributed by atoms with Crippen LogP contribution in [-0.2, 0) is 25.2 Å². The SMILES string of the molecule is C#C[C@@H]1C[C@@H](O[Si](C)(C)C(C)(C)C)[C@H]([C@H](O)COCc2ccc(OC)cc2)[C@@H](OC)O1. The number of hydrogen-bond acceptors (Lipinski definition) is 6. The average molecular weight is 451 g/mol. The van der Waals surface area contributed by atoms with Crippen molar-refractivity contribution in [2.45, 2.75) is 76.5 Å². The van der Waals surface area contributed by atoms with Gasteiger partial charge in [0.25, 0.3) is 0 Å². The van der Waals surface area contributed by atoms with Crippen molar-refractivity contribution in [2.24, 2.45) is 5.92 Å². The number of aliphatic hydroxyl groups is 1. The van der Waals surface area contributed by atoms with Gasteiger partial charge in [-0.2, -0.15) is 0 Å². The number of aliphatic hydroxyl groups excluding tert-OH is 1. The number of terminal acetylenes is 1. The molecule has 0 aromatic heterocycles. The highest BCUT2D eigenvalue weighted by atomic mass is 28.4. The summed E-state index contributed by atoms with van der Waals surface area (Å²) in [6.07, 6.45) is 3.99. The summed E-state index contributed by atoms with van der Waals surface area (Å²) in [7, 11) is 1.09. The van der Waals surface area contributed by atoms with E-state index in [0.29, 0.717) is 13.0 Å². The fraction of sp³-hybridized carbons (Fsp3) is 0.667. The minimum absolute atomic E-state index is 0.0277. The summed E-state index contributed by atoms with van der Waals surface area (Å²) in [6, 6.07) is 7.64. The summed E-state index contributed by atoms with van der Waals surface area (Å²) < 4.78 is 29.1. The first-order valence-corrected chi connectivity index (χ1v) is 13.6. The molecule has 2 rings (SSSR count). The van der Waals surface area contributed by atoms with Gasteiger partial charge < -0.3 is 28.5 Å². The molecule has 0 unspecified atom stereocenters. The molecule has 174 valence electrons. The summed E-state index contributed by atoms with van der Waals surface area (Å²) in [5, 5.41) is 11.1. The Morgan fingerprint density at radius 1 is 1.23 bits per heavy atom. The van der Waals surface area contributed by atoms with Gasteiger partial charge in [0.2, 0.25) is 0 Å². The Labute approximate surface area is 188 Å². The second-order valence-corrected chi connectivity index (χ2v) is 14.3. The fourth-order valence-corrected chi connectivity index (χ4v) is 4.78. The fourth-order valence-electron chi connectivity index (χ4n) is 3.41. The molecule has 1 aliphatic rings. The first-order valence-electron chi connectivity index (χ1n) is 10.7. The summed E-state index contributed by atoms with van der Waals surface area (Å²) >= 11 is 0. The maximum atomic E-state index is 11.0. The standard InChI is InChI=1S/C24H38O6Si/c1-9-18-14-21(30-31(7,8)24(2,3)4)22(23(27-6)29-18)20(25)16-28-15-17-10-12-19(26-5)13-11-17/h1,10-13,18,20-23,25H,14-16H2,2-8H3/t18-,20-,21-,22+,23+/m1/s1. The second kappa shape index (κ2) is 11.0. The Balaban J connectivity index is 2.10. The molecule has 1 aromatic rings. The van der Waals surface area contributed by atoms with Crippen molar-refractivity contribution in [3.05, 3.63) is 29.8 Å². The Morgan fingerprint density at radius 2 is 1.87 bits per heavy atom. The monoisotopic (exact) mass is 450 g/mol. The van der Waals surface area contributed by atoms with Crippen LogP contribution in [0, 0.1) is 18.3 Å². The van der Waals surface area contributed by atoms with E-state index >= 15 is 0 Å². The second-order valence-electron chi connectivity index (χ2n) is 9.56. The zero-order chi connectivity index (χ0) is 23.2. The minimum atomic E-state index is -2.10. The largest absolute Gasteiger partial charge is 0.497 e. The van der Waals surface area contributed by atoms with Crippen LogP contribution in [0.1, 0.15) is 32.8 Å². The summed E-state index contributed by atoms with van der Waals surface area (Å²) in [5.41, 5.74) is 0.998. The van der Waals surface area contributed by atoms with E-state index in [4.69, 9.17) is 29.8 Å². The van der Waals surface area contributed by atoms with Crippen LogP contribution in [0.5, 0.6) is 5.75 Å². The van der Waals surface area contributed by atoms with Gasteiger partial charge in [0.05, 0.1) is 38.4 Å². The lowest BCUT2D eigenvalue weighted by Crippen LogP contribution is -2.56. The molecule has 6 nitrogen and oxygen atoms in total. The lowest BCUT2D eigenvalue weighted by Gasteiger charge is -2.47. The van der Waals surface area contributed by atoms with Gasteiger partial charge in [-0.1, -0.05) is 38.8 Å². The predicted octanol–water partition coefficient (Wildman–Crippen LogP) is 3.97. The highest BCUT2D eigenvalue weighted by Gasteiger charge is 2.48. The number of methoxy groups -OCH3 is 2. The van der Waals surface area contributed by atoms with Crippen LogP contribution in [0.2, 0.25) is 18.1 Å². The molecule has 1 N–H and O–H groups in total. The van der Waals surface area contributed by atoms with Crippen molar-refractivity contribution in [2.75, 3.05) is 20.8 Å². The number of rotatable bonds is 9. The summed E-state index contributed by atoms with van der Waals surface area (Å²) in [5.74, 6) is 3.05. The van der Waals surface area contributed by atoms with Crippen LogP contribution < -0.4 is 4.74 Å². The summed E-state index contributed by atoms with van der Waals surface area (Å²) in [6.45, 7) is 11.5. The minimum Gasteiger partial charge on any atom is -0.497 e. The molecule has 1 fully saturated rings. The van der Waals surface area contributed by atoms with E-state index in [9.17, 15) is 5.11 Å². The number of hydrogen-bond donors (Lipinski definition) is 1. The van der Waals surface area contributed by atoms with E-state index in [1.165, 1.54) is 0 Å². The molecule has 5 atom stereocenters. The van der Waals surface area contributed by atoms with Crippen molar-refractivity contribution in [3.8, 4) is 18.1 Å². The van der Waals surface area contributed by atoms with Gasteiger partial charge in [-0.25, -0.2) is 0 Å². The first kappa shape index (κ1) is 25.9. The van der Waals surface area contributed by atoms with Crippen LogP contribution in [0.15, 0.2) is 24.3 Å². The molecule has 0 saturated carbocycles. The molecule has 31 heavy (non-hydrogen) atoms. The van der Waals surface area contributed by atoms with Crippen LogP contribution in [-0.4, -0.2) is 58.9 Å². The smallest absolute Gasteiger partial charge is 0.192 e. The van der Waals surface area contributed by atoms with Gasteiger partial charge in [0.15, 0.2) is 14.6 Å². The first-order chi connectivity index (χ1) is 14.5. The molecule has 1 aliphatic heterocycles. The van der Waals surface area contributed by atoms with Gasteiger partial charge in [-0.3, -0.25) is 0 Å². The highest BCUT2D eigenvalue weighted by Crippen LogP contribution is 2.41. The molecular weight excluding hydrogens is 412 g/mol.